The molecule has 0 aliphatic carbocycles. The predicted molar refractivity (Wildman–Crippen MR) is 155 cm³/mol. The van der Waals surface area contributed by atoms with Crippen LogP contribution in [0.2, 0.25) is 0 Å². The number of anilines is 1. The Morgan fingerprint density at radius 3 is 2.27 bits per heavy atom. The molecule has 2 fully saturated rings. The molecule has 0 bridgehead atoms. The van der Waals surface area contributed by atoms with Crippen molar-refractivity contribution in [2.45, 2.75) is 12.8 Å². The van der Waals surface area contributed by atoms with Gasteiger partial charge >= 0.3 is 0 Å². The molecule has 2 amide bonds. The van der Waals surface area contributed by atoms with Gasteiger partial charge in [0.25, 0.3) is 0 Å². The van der Waals surface area contributed by atoms with Crippen molar-refractivity contribution in [1.82, 2.24) is 24.9 Å². The van der Waals surface area contributed by atoms with Gasteiger partial charge in [0, 0.05) is 57.9 Å². The molecule has 3 heterocycles. The molecule has 40 heavy (non-hydrogen) atoms. The SMILES string of the molecule is O=C(CN(CCN1CCOCC1)C(=O)Cc1ccccc1)N1CCCN(c2ccc(-c3ccccc3)nn2)CC1. The average molecular weight is 543 g/mol. The van der Waals surface area contributed by atoms with Gasteiger partial charge in [0.05, 0.1) is 31.9 Å². The lowest BCUT2D eigenvalue weighted by molar-refractivity contribution is -0.140. The largest absolute Gasteiger partial charge is 0.379 e. The van der Waals surface area contributed by atoms with E-state index in [9.17, 15) is 9.59 Å². The molecule has 9 nitrogen and oxygen atoms in total. The lowest BCUT2D eigenvalue weighted by atomic mass is 10.1. The van der Waals surface area contributed by atoms with Gasteiger partial charge in [0.2, 0.25) is 11.8 Å². The van der Waals surface area contributed by atoms with Crippen LogP contribution in [0, 0.1) is 0 Å². The van der Waals surface area contributed by atoms with E-state index in [1.54, 1.807) is 4.90 Å². The minimum Gasteiger partial charge on any atom is -0.379 e. The van der Waals surface area contributed by atoms with Gasteiger partial charge in [0.15, 0.2) is 5.82 Å². The lowest BCUT2D eigenvalue weighted by Crippen LogP contribution is -2.48. The number of carbonyl (C=O) groups excluding carboxylic acids is 2. The number of benzene rings is 2. The second-order valence-corrected chi connectivity index (χ2v) is 10.3. The maximum Gasteiger partial charge on any atom is 0.242 e. The standard InChI is InChI=1S/C31H38N6O3/c38-30(24-26-8-3-1-4-9-26)37(17-16-34-20-22-40-23-21-34)25-31(39)36-15-7-14-35(18-19-36)29-13-12-28(32-33-29)27-10-5-2-6-11-27/h1-6,8-13H,7,14-25H2. The van der Waals surface area contributed by atoms with Crippen molar-refractivity contribution in [1.29, 1.82) is 0 Å². The first-order chi connectivity index (χ1) is 19.7. The van der Waals surface area contributed by atoms with Crippen LogP contribution in [0.1, 0.15) is 12.0 Å². The second-order valence-electron chi connectivity index (χ2n) is 10.3. The molecule has 0 N–H and O–H groups in total. The first-order valence-corrected chi connectivity index (χ1v) is 14.2. The summed E-state index contributed by atoms with van der Waals surface area (Å²) in [6.07, 6.45) is 1.13. The normalized spacial score (nSPS) is 16.4. The van der Waals surface area contributed by atoms with Crippen LogP contribution in [-0.2, 0) is 20.7 Å². The molecule has 2 saturated heterocycles. The smallest absolute Gasteiger partial charge is 0.242 e. The molecule has 2 aromatic carbocycles. The fourth-order valence-electron chi connectivity index (χ4n) is 5.18. The van der Waals surface area contributed by atoms with Crippen LogP contribution in [0.25, 0.3) is 11.3 Å². The molecule has 0 unspecified atom stereocenters. The summed E-state index contributed by atoms with van der Waals surface area (Å²) in [4.78, 5) is 34.9. The Bertz CT molecular complexity index is 1220. The molecule has 210 valence electrons. The molecule has 1 aromatic heterocycles. The van der Waals surface area contributed by atoms with E-state index in [0.717, 1.165) is 55.2 Å². The van der Waals surface area contributed by atoms with Gasteiger partial charge < -0.3 is 19.4 Å². The Balaban J connectivity index is 1.18. The highest BCUT2D eigenvalue weighted by molar-refractivity contribution is 5.86. The predicted octanol–water partition coefficient (Wildman–Crippen LogP) is 2.59. The van der Waals surface area contributed by atoms with Gasteiger partial charge in [-0.25, -0.2) is 0 Å². The van der Waals surface area contributed by atoms with E-state index >= 15 is 0 Å². The van der Waals surface area contributed by atoms with E-state index in [1.807, 2.05) is 77.7 Å². The maximum absolute atomic E-state index is 13.5. The zero-order valence-corrected chi connectivity index (χ0v) is 23.0. The molecule has 0 spiro atoms. The minimum atomic E-state index is -0.0157. The summed E-state index contributed by atoms with van der Waals surface area (Å²) in [5.41, 5.74) is 2.84. The summed E-state index contributed by atoms with van der Waals surface area (Å²) < 4.78 is 5.46. The summed E-state index contributed by atoms with van der Waals surface area (Å²) in [7, 11) is 0. The fourth-order valence-corrected chi connectivity index (χ4v) is 5.18. The number of amides is 2. The monoisotopic (exact) mass is 542 g/mol. The number of rotatable bonds is 9. The van der Waals surface area contributed by atoms with Gasteiger partial charge in [-0.05, 0) is 24.1 Å². The molecule has 0 radical (unpaired) electrons. The third-order valence-electron chi connectivity index (χ3n) is 7.56. The molecule has 9 heteroatoms. The van der Waals surface area contributed by atoms with Crippen LogP contribution in [-0.4, -0.2) is 109 Å². The highest BCUT2D eigenvalue weighted by Gasteiger charge is 2.25. The van der Waals surface area contributed by atoms with Crippen LogP contribution >= 0.6 is 0 Å². The molecule has 2 aliphatic rings. The number of ether oxygens (including phenoxy) is 1. The Morgan fingerprint density at radius 2 is 1.55 bits per heavy atom. The van der Waals surface area contributed by atoms with Crippen molar-refractivity contribution < 1.29 is 14.3 Å². The van der Waals surface area contributed by atoms with Gasteiger partial charge in [-0.1, -0.05) is 60.7 Å². The van der Waals surface area contributed by atoms with Crippen molar-refractivity contribution in [2.75, 3.05) is 77.0 Å². The molecule has 5 rings (SSSR count). The van der Waals surface area contributed by atoms with E-state index in [0.29, 0.717) is 45.8 Å². The molecular weight excluding hydrogens is 504 g/mol. The molecule has 2 aliphatic heterocycles. The molecule has 0 saturated carbocycles. The fraction of sp³-hybridized carbons (Fsp3) is 0.419. The third-order valence-corrected chi connectivity index (χ3v) is 7.56. The number of morpholine rings is 1. The summed E-state index contributed by atoms with van der Waals surface area (Å²) in [5, 5.41) is 8.91. The Hall–Kier alpha value is -3.82. The summed E-state index contributed by atoms with van der Waals surface area (Å²) >= 11 is 0. The number of hydrogen-bond acceptors (Lipinski definition) is 7. The van der Waals surface area contributed by atoms with E-state index in [4.69, 9.17) is 4.74 Å². The maximum atomic E-state index is 13.5. The van der Waals surface area contributed by atoms with Crippen molar-refractivity contribution in [3.63, 3.8) is 0 Å². The summed E-state index contributed by atoms with van der Waals surface area (Å²) in [5.74, 6) is 0.799. The van der Waals surface area contributed by atoms with Gasteiger partial charge in [-0.2, -0.15) is 0 Å². The van der Waals surface area contributed by atoms with Crippen LogP contribution in [0.15, 0.2) is 72.8 Å². The van der Waals surface area contributed by atoms with Crippen LogP contribution in [0.3, 0.4) is 0 Å². The molecular formula is C31H38N6O3. The third kappa shape index (κ3) is 7.64. The average Bonchev–Trinajstić information content (AvgIpc) is 3.27. The van der Waals surface area contributed by atoms with Crippen LogP contribution in [0.4, 0.5) is 5.82 Å². The Labute approximate surface area is 236 Å². The zero-order valence-electron chi connectivity index (χ0n) is 23.0. The van der Waals surface area contributed by atoms with Crippen LogP contribution < -0.4 is 4.90 Å². The minimum absolute atomic E-state index is 0.00394. The van der Waals surface area contributed by atoms with Gasteiger partial charge in [-0.3, -0.25) is 14.5 Å². The zero-order chi connectivity index (χ0) is 27.6. The van der Waals surface area contributed by atoms with E-state index in [1.165, 1.54) is 0 Å². The first kappa shape index (κ1) is 27.7. The topological polar surface area (TPSA) is 82.1 Å². The van der Waals surface area contributed by atoms with Crippen molar-refractivity contribution in [2.24, 2.45) is 0 Å². The quantitative estimate of drug-likeness (QED) is 0.411. The molecule has 3 aromatic rings. The van der Waals surface area contributed by atoms with Crippen molar-refractivity contribution in [3.05, 3.63) is 78.4 Å². The summed E-state index contributed by atoms with van der Waals surface area (Å²) in [6.45, 7) is 7.22. The highest BCUT2D eigenvalue weighted by Crippen LogP contribution is 2.19. The number of carbonyl (C=O) groups is 2. The second kappa shape index (κ2) is 14.0. The van der Waals surface area contributed by atoms with E-state index in [-0.39, 0.29) is 18.4 Å². The van der Waals surface area contributed by atoms with Crippen molar-refractivity contribution in [3.8, 4) is 11.3 Å². The Kier molecular flexibility index (Phi) is 9.71. The number of nitrogens with zero attached hydrogens (tertiary/aromatic N) is 6. The highest BCUT2D eigenvalue weighted by atomic mass is 16.5. The summed E-state index contributed by atoms with van der Waals surface area (Å²) in [6, 6.07) is 23.7. The number of hydrogen-bond donors (Lipinski definition) is 0. The van der Waals surface area contributed by atoms with E-state index < -0.39 is 0 Å². The van der Waals surface area contributed by atoms with Gasteiger partial charge in [0.1, 0.15) is 0 Å². The number of aromatic nitrogens is 2. The van der Waals surface area contributed by atoms with Gasteiger partial charge in [-0.15, -0.1) is 10.2 Å². The molecule has 0 atom stereocenters. The van der Waals surface area contributed by atoms with Crippen LogP contribution in [0.5, 0.6) is 0 Å². The Morgan fingerprint density at radius 1 is 0.800 bits per heavy atom. The van der Waals surface area contributed by atoms with Crippen molar-refractivity contribution >= 4 is 17.6 Å². The first-order valence-electron chi connectivity index (χ1n) is 14.2. The van der Waals surface area contributed by atoms with E-state index in [2.05, 4.69) is 20.0 Å². The lowest BCUT2D eigenvalue weighted by Gasteiger charge is -2.31.